The van der Waals surface area contributed by atoms with E-state index in [0.29, 0.717) is 0 Å². The van der Waals surface area contributed by atoms with Gasteiger partial charge < -0.3 is 9.84 Å². The molecule has 5 nitrogen and oxygen atoms in total. The number of halogens is 2. The zero-order chi connectivity index (χ0) is 18.8. The largest absolute Gasteiger partial charge is 0.506 e. The topological polar surface area (TPSA) is 64.3 Å². The minimum atomic E-state index is -0.749. The molecular weight excluding hydrogens is 359 g/mol. The fourth-order valence-corrected chi connectivity index (χ4v) is 2.99. The zero-order valence-corrected chi connectivity index (χ0v) is 14.5. The maximum atomic E-state index is 14.7. The second kappa shape index (κ2) is 7.06. The first-order valence-electron chi connectivity index (χ1n) is 7.76. The summed E-state index contributed by atoms with van der Waals surface area (Å²) in [5, 5.41) is 11.1. The number of terminal acetylenes is 1. The summed E-state index contributed by atoms with van der Waals surface area (Å²) < 4.78 is 21.3. The Morgan fingerprint density at radius 2 is 2.15 bits per heavy atom. The highest BCUT2D eigenvalue weighted by Gasteiger charge is 2.25. The van der Waals surface area contributed by atoms with Gasteiger partial charge in [-0.3, -0.25) is 9.36 Å². The molecule has 1 N–H and O–H groups in total. The van der Waals surface area contributed by atoms with Crippen LogP contribution in [0.3, 0.4) is 0 Å². The molecule has 132 valence electrons. The molecule has 26 heavy (non-hydrogen) atoms. The third kappa shape index (κ3) is 2.76. The maximum Gasteiger partial charge on any atom is 0.264 e. The number of fused-ring (bicyclic) bond motifs is 1. The summed E-state index contributed by atoms with van der Waals surface area (Å²) in [6.45, 7) is 1.81. The highest BCUT2D eigenvalue weighted by molar-refractivity contribution is 6.32. The lowest BCUT2D eigenvalue weighted by Gasteiger charge is -2.16. The van der Waals surface area contributed by atoms with Crippen LogP contribution >= 0.6 is 11.6 Å². The van der Waals surface area contributed by atoms with Gasteiger partial charge in [0, 0.05) is 6.20 Å². The molecule has 0 aliphatic heterocycles. The number of benzene rings is 1. The first-order chi connectivity index (χ1) is 12.5. The first kappa shape index (κ1) is 17.8. The van der Waals surface area contributed by atoms with Crippen LogP contribution in [0.4, 0.5) is 4.39 Å². The third-order valence-corrected chi connectivity index (χ3v) is 4.14. The van der Waals surface area contributed by atoms with Gasteiger partial charge >= 0.3 is 0 Å². The first-order valence-corrected chi connectivity index (χ1v) is 8.14. The molecule has 0 aliphatic carbocycles. The molecule has 0 spiro atoms. The van der Waals surface area contributed by atoms with Crippen LogP contribution in [0.15, 0.2) is 35.3 Å². The van der Waals surface area contributed by atoms with E-state index in [9.17, 15) is 14.3 Å². The summed E-state index contributed by atoms with van der Waals surface area (Å²) in [4.78, 5) is 17.1. The zero-order valence-electron chi connectivity index (χ0n) is 13.8. The van der Waals surface area contributed by atoms with E-state index in [2.05, 4.69) is 10.9 Å². The minimum Gasteiger partial charge on any atom is -0.506 e. The van der Waals surface area contributed by atoms with E-state index >= 15 is 0 Å². The van der Waals surface area contributed by atoms with Crippen molar-refractivity contribution in [2.75, 3.05) is 6.61 Å². The van der Waals surface area contributed by atoms with Crippen molar-refractivity contribution in [2.24, 2.45) is 0 Å². The number of hydrogen-bond acceptors (Lipinski definition) is 4. The van der Waals surface area contributed by atoms with Crippen molar-refractivity contribution in [2.45, 2.75) is 13.5 Å². The number of aromatic hydroxyl groups is 1. The number of nitrogens with zero attached hydrogens (tertiary/aromatic N) is 2. The molecule has 7 heteroatoms. The van der Waals surface area contributed by atoms with Crippen molar-refractivity contribution in [1.82, 2.24) is 9.55 Å². The Morgan fingerprint density at radius 1 is 1.38 bits per heavy atom. The Balaban J connectivity index is 2.51. The van der Waals surface area contributed by atoms with Crippen molar-refractivity contribution in [3.05, 3.63) is 51.7 Å². The van der Waals surface area contributed by atoms with E-state index in [1.807, 2.05) is 0 Å². The summed E-state index contributed by atoms with van der Waals surface area (Å²) in [5.74, 6) is 1.20. The van der Waals surface area contributed by atoms with E-state index in [1.54, 1.807) is 19.1 Å². The quantitative estimate of drug-likeness (QED) is 0.711. The van der Waals surface area contributed by atoms with Crippen LogP contribution in [0.2, 0.25) is 5.02 Å². The molecule has 0 fully saturated rings. The Bertz CT molecular complexity index is 1100. The molecule has 0 radical (unpaired) electrons. The molecule has 0 saturated carbocycles. The Labute approximate surface area is 153 Å². The van der Waals surface area contributed by atoms with Crippen LogP contribution in [0.1, 0.15) is 6.92 Å². The van der Waals surface area contributed by atoms with Crippen LogP contribution < -0.4 is 10.3 Å². The van der Waals surface area contributed by atoms with Gasteiger partial charge in [0.25, 0.3) is 5.56 Å². The van der Waals surface area contributed by atoms with Crippen molar-refractivity contribution < 1.29 is 14.2 Å². The highest BCUT2D eigenvalue weighted by atomic mass is 35.5. The summed E-state index contributed by atoms with van der Waals surface area (Å²) in [6, 6.07) is 5.59. The van der Waals surface area contributed by atoms with Gasteiger partial charge in [0.1, 0.15) is 23.0 Å². The maximum absolute atomic E-state index is 14.7. The van der Waals surface area contributed by atoms with Crippen LogP contribution in [-0.4, -0.2) is 21.3 Å². The molecular formula is C19H14ClFN2O3. The monoisotopic (exact) mass is 372 g/mol. The second-order valence-electron chi connectivity index (χ2n) is 5.36. The number of ether oxygens (including phenoxy) is 1. The SMILES string of the molecule is C#CCn1c(=O)c(-c2c(F)ccc(Cl)c2OCC)c(O)c2cccnc21. The summed E-state index contributed by atoms with van der Waals surface area (Å²) >= 11 is 6.13. The lowest BCUT2D eigenvalue weighted by molar-refractivity contribution is 0.340. The fourth-order valence-electron chi connectivity index (χ4n) is 2.78. The molecule has 0 aliphatic rings. The standard InChI is InChI=1S/C19H14ClFN2O3/c1-3-10-23-18-11(6-5-9-22-18)16(24)15(19(23)25)14-13(21)8-7-12(20)17(14)26-4-2/h1,5-9,24H,4,10H2,2H3. The van der Waals surface area contributed by atoms with Gasteiger partial charge in [-0.25, -0.2) is 9.37 Å². The van der Waals surface area contributed by atoms with Gasteiger partial charge in [0.2, 0.25) is 0 Å². The predicted octanol–water partition coefficient (Wildman–Crippen LogP) is 3.59. The predicted molar refractivity (Wildman–Crippen MR) is 98.1 cm³/mol. The fraction of sp³-hybridized carbons (Fsp3) is 0.158. The molecule has 0 unspecified atom stereocenters. The van der Waals surface area contributed by atoms with E-state index in [1.165, 1.54) is 16.8 Å². The molecule has 0 bridgehead atoms. The summed E-state index contributed by atoms with van der Waals surface area (Å²) in [6.07, 6.45) is 6.83. The smallest absolute Gasteiger partial charge is 0.264 e. The second-order valence-corrected chi connectivity index (χ2v) is 5.77. The average molecular weight is 373 g/mol. The number of pyridine rings is 2. The number of hydrogen-bond donors (Lipinski definition) is 1. The van der Waals surface area contributed by atoms with Crippen LogP contribution in [0, 0.1) is 18.2 Å². The van der Waals surface area contributed by atoms with E-state index in [-0.39, 0.29) is 46.1 Å². The average Bonchev–Trinajstić information content (AvgIpc) is 2.64. The molecule has 3 rings (SSSR count). The van der Waals surface area contributed by atoms with Gasteiger partial charge in [-0.2, -0.15) is 0 Å². The van der Waals surface area contributed by atoms with Crippen molar-refractivity contribution in [1.29, 1.82) is 0 Å². The normalized spacial score (nSPS) is 10.7. The third-order valence-electron chi connectivity index (χ3n) is 3.84. The summed E-state index contributed by atoms with van der Waals surface area (Å²) in [7, 11) is 0. The molecule has 1 aromatic carbocycles. The van der Waals surface area contributed by atoms with Crippen molar-refractivity contribution in [3.63, 3.8) is 0 Å². The highest BCUT2D eigenvalue weighted by Crippen LogP contribution is 2.42. The lowest BCUT2D eigenvalue weighted by atomic mass is 10.0. The van der Waals surface area contributed by atoms with Crippen LogP contribution in [0.5, 0.6) is 11.5 Å². The van der Waals surface area contributed by atoms with Gasteiger partial charge in [-0.05, 0) is 31.2 Å². The van der Waals surface area contributed by atoms with E-state index in [0.717, 1.165) is 6.07 Å². The van der Waals surface area contributed by atoms with E-state index < -0.39 is 17.1 Å². The Morgan fingerprint density at radius 3 is 2.85 bits per heavy atom. The number of rotatable bonds is 4. The molecule has 0 atom stereocenters. The van der Waals surface area contributed by atoms with Gasteiger partial charge in [-0.1, -0.05) is 17.5 Å². The van der Waals surface area contributed by atoms with Gasteiger partial charge in [0.15, 0.2) is 0 Å². The van der Waals surface area contributed by atoms with Crippen molar-refractivity contribution in [3.8, 4) is 35.0 Å². The van der Waals surface area contributed by atoms with Gasteiger partial charge in [0.05, 0.1) is 34.7 Å². The Kier molecular flexibility index (Phi) is 4.83. The molecule has 3 aromatic rings. The van der Waals surface area contributed by atoms with Gasteiger partial charge in [-0.15, -0.1) is 6.42 Å². The molecule has 0 amide bonds. The lowest BCUT2D eigenvalue weighted by Crippen LogP contribution is -2.23. The molecule has 2 heterocycles. The van der Waals surface area contributed by atoms with Crippen LogP contribution in [-0.2, 0) is 6.54 Å². The van der Waals surface area contributed by atoms with E-state index in [4.69, 9.17) is 22.8 Å². The molecule has 2 aromatic heterocycles. The Hall–Kier alpha value is -3.04. The summed E-state index contributed by atoms with van der Waals surface area (Å²) in [5.41, 5.74) is -0.964. The number of aromatic nitrogens is 2. The van der Waals surface area contributed by atoms with Crippen LogP contribution in [0.25, 0.3) is 22.2 Å². The molecule has 0 saturated heterocycles. The minimum absolute atomic E-state index is 0.0166. The van der Waals surface area contributed by atoms with Crippen molar-refractivity contribution >= 4 is 22.6 Å².